The molecule has 3 N–H and O–H groups in total. The number of para-hydroxylation sites is 1. The topological polar surface area (TPSA) is 102 Å². The molecule has 0 saturated carbocycles. The lowest BCUT2D eigenvalue weighted by Gasteiger charge is -2.34. The molecule has 4 rings (SSSR count). The van der Waals surface area contributed by atoms with Crippen LogP contribution in [0.25, 0.3) is 0 Å². The van der Waals surface area contributed by atoms with Crippen molar-refractivity contribution in [1.29, 1.82) is 0 Å². The normalized spacial score (nSPS) is 21.6. The number of amides is 3. The van der Waals surface area contributed by atoms with Crippen LogP contribution in [0.1, 0.15) is 19.3 Å². The molecule has 2 saturated heterocycles. The Morgan fingerprint density at radius 1 is 0.946 bits per heavy atom. The maximum Gasteiger partial charge on any atom is 0.490 e. The molecule has 2 aromatic rings. The van der Waals surface area contributed by atoms with Gasteiger partial charge in [0.1, 0.15) is 0 Å². The summed E-state index contributed by atoms with van der Waals surface area (Å²) in [5.74, 6) is -2.70. The molecule has 0 radical (unpaired) electrons. The maximum absolute atomic E-state index is 13.4. The van der Waals surface area contributed by atoms with E-state index in [9.17, 15) is 22.8 Å². The molecule has 0 unspecified atom stereocenters. The van der Waals surface area contributed by atoms with Crippen molar-refractivity contribution in [1.82, 2.24) is 9.80 Å². The van der Waals surface area contributed by atoms with Crippen molar-refractivity contribution < 1.29 is 32.7 Å². The van der Waals surface area contributed by atoms with E-state index in [1.54, 1.807) is 24.3 Å². The van der Waals surface area contributed by atoms with E-state index in [1.165, 1.54) is 0 Å². The summed E-state index contributed by atoms with van der Waals surface area (Å²) in [7, 11) is 2.08. The van der Waals surface area contributed by atoms with Crippen LogP contribution < -0.4 is 10.6 Å². The number of carboxylic acid groups (broad SMARTS) is 1. The lowest BCUT2D eigenvalue weighted by molar-refractivity contribution is -0.192. The van der Waals surface area contributed by atoms with Crippen molar-refractivity contribution in [2.75, 3.05) is 37.3 Å². The molecule has 8 nitrogen and oxygen atoms in total. The number of nitrogens with zero attached hydrogens (tertiary/aromatic N) is 2. The Labute approximate surface area is 217 Å². The van der Waals surface area contributed by atoms with Gasteiger partial charge >= 0.3 is 18.2 Å². The first kappa shape index (κ1) is 28.3. The third-order valence-corrected chi connectivity index (χ3v) is 6.94. The number of likely N-dealkylation sites (tertiary alicyclic amines) is 2. The maximum atomic E-state index is 13.4. The molecule has 3 amide bonds. The monoisotopic (exact) mass is 540 g/mol. The van der Waals surface area contributed by atoms with Gasteiger partial charge in [0.25, 0.3) is 0 Å². The fourth-order valence-electron chi connectivity index (χ4n) is 4.73. The Morgan fingerprint density at radius 3 is 2.11 bits per heavy atom. The van der Waals surface area contributed by atoms with Gasteiger partial charge in [-0.3, -0.25) is 4.79 Å². The number of carbonyl (C=O) groups is 3. The number of fused-ring (bicyclic) bond motifs is 1. The highest BCUT2D eigenvalue weighted by atomic mass is 35.5. The number of anilines is 2. The van der Waals surface area contributed by atoms with Crippen molar-refractivity contribution in [3.8, 4) is 0 Å². The second-order valence-electron chi connectivity index (χ2n) is 8.99. The summed E-state index contributed by atoms with van der Waals surface area (Å²) in [6, 6.07) is 16.6. The lowest BCUT2D eigenvalue weighted by atomic mass is 9.75. The zero-order valence-electron chi connectivity index (χ0n) is 20.1. The molecule has 0 aromatic heterocycles. The first-order valence-electron chi connectivity index (χ1n) is 11.6. The quantitative estimate of drug-likeness (QED) is 0.512. The summed E-state index contributed by atoms with van der Waals surface area (Å²) in [6.07, 6.45) is -2.86. The molecule has 2 heterocycles. The van der Waals surface area contributed by atoms with Crippen LogP contribution in [0.4, 0.5) is 29.3 Å². The van der Waals surface area contributed by atoms with Crippen molar-refractivity contribution in [2.45, 2.75) is 31.5 Å². The van der Waals surface area contributed by atoms with Crippen LogP contribution in [0.15, 0.2) is 54.6 Å². The first-order valence-corrected chi connectivity index (χ1v) is 12.0. The Morgan fingerprint density at radius 2 is 1.51 bits per heavy atom. The molecule has 37 heavy (non-hydrogen) atoms. The molecule has 2 fully saturated rings. The molecule has 0 bridgehead atoms. The number of aliphatic carboxylic acids is 1. The number of urea groups is 1. The van der Waals surface area contributed by atoms with E-state index in [0.717, 1.165) is 25.1 Å². The Kier molecular flexibility index (Phi) is 9.03. The highest BCUT2D eigenvalue weighted by Crippen LogP contribution is 2.44. The molecule has 2 aliphatic heterocycles. The summed E-state index contributed by atoms with van der Waals surface area (Å²) < 4.78 is 31.7. The van der Waals surface area contributed by atoms with Gasteiger partial charge in [0.15, 0.2) is 0 Å². The fraction of sp³-hybridized carbons (Fsp3) is 0.400. The van der Waals surface area contributed by atoms with Crippen LogP contribution in [-0.2, 0) is 9.59 Å². The summed E-state index contributed by atoms with van der Waals surface area (Å²) in [6.45, 7) is 2.06. The van der Waals surface area contributed by atoms with Crippen LogP contribution in [-0.4, -0.2) is 71.7 Å². The molecule has 0 aliphatic carbocycles. The minimum atomic E-state index is -5.08. The van der Waals surface area contributed by atoms with E-state index in [1.807, 2.05) is 35.2 Å². The predicted octanol–water partition coefficient (Wildman–Crippen LogP) is 4.93. The average molecular weight is 541 g/mol. The molecule has 12 heteroatoms. The van der Waals surface area contributed by atoms with Crippen LogP contribution in [0, 0.1) is 5.41 Å². The van der Waals surface area contributed by atoms with E-state index >= 15 is 0 Å². The smallest absolute Gasteiger partial charge is 0.475 e. The SMILES string of the molecule is CN1CC[C@@]2(C(=O)Nc3ccccc3)CCN(C(=O)Nc3ccc(Cl)cc3)CC[C@@H]12.O=C(O)C(F)(F)F. The van der Waals surface area contributed by atoms with Crippen LogP contribution >= 0.6 is 11.6 Å². The minimum Gasteiger partial charge on any atom is -0.475 e. The largest absolute Gasteiger partial charge is 0.490 e. The van der Waals surface area contributed by atoms with Gasteiger partial charge in [0, 0.05) is 35.5 Å². The molecule has 2 atom stereocenters. The second kappa shape index (κ2) is 11.8. The van der Waals surface area contributed by atoms with E-state index in [0.29, 0.717) is 30.2 Å². The van der Waals surface area contributed by atoms with Gasteiger partial charge < -0.3 is 25.5 Å². The zero-order chi connectivity index (χ0) is 27.2. The second-order valence-corrected chi connectivity index (χ2v) is 9.42. The van der Waals surface area contributed by atoms with Crippen molar-refractivity contribution >= 4 is 40.9 Å². The molecule has 200 valence electrons. The number of rotatable bonds is 3. The van der Waals surface area contributed by atoms with Gasteiger partial charge in [-0.05, 0) is 69.3 Å². The number of hydrogen-bond acceptors (Lipinski definition) is 4. The van der Waals surface area contributed by atoms with E-state index in [4.69, 9.17) is 21.5 Å². The Bertz CT molecular complexity index is 1100. The summed E-state index contributed by atoms with van der Waals surface area (Å²) in [4.78, 5) is 39.2. The van der Waals surface area contributed by atoms with E-state index in [-0.39, 0.29) is 18.0 Å². The predicted molar refractivity (Wildman–Crippen MR) is 134 cm³/mol. The number of carboxylic acids is 1. The molecule has 0 spiro atoms. The molecular formula is C25H28ClF3N4O4. The van der Waals surface area contributed by atoms with Gasteiger partial charge in [0.05, 0.1) is 5.41 Å². The number of benzene rings is 2. The van der Waals surface area contributed by atoms with Gasteiger partial charge in [0.2, 0.25) is 5.91 Å². The zero-order valence-corrected chi connectivity index (χ0v) is 20.9. The summed E-state index contributed by atoms with van der Waals surface area (Å²) in [5, 5.41) is 13.8. The number of alkyl halides is 3. The highest BCUT2D eigenvalue weighted by Gasteiger charge is 2.52. The van der Waals surface area contributed by atoms with Crippen LogP contribution in [0.5, 0.6) is 0 Å². The standard InChI is InChI=1S/C23H27ClN4O2.C2HF3O2/c1-27-15-12-23(21(29)25-18-5-3-2-4-6-18)13-16-28(14-11-20(23)27)22(30)26-19-9-7-17(24)8-10-19;3-2(4,5)1(6)7/h2-10,20H,11-16H2,1H3,(H,25,29)(H,26,30);(H,6,7)/t20-,23-;/m1./s1. The Hall–Kier alpha value is -3.31. The summed E-state index contributed by atoms with van der Waals surface area (Å²) in [5.41, 5.74) is 1.04. The third kappa shape index (κ3) is 7.14. The number of nitrogens with one attached hydrogen (secondary N) is 2. The Balaban J connectivity index is 0.000000479. The summed E-state index contributed by atoms with van der Waals surface area (Å²) >= 11 is 5.92. The van der Waals surface area contributed by atoms with Gasteiger partial charge in [-0.15, -0.1) is 0 Å². The van der Waals surface area contributed by atoms with Crippen LogP contribution in [0.3, 0.4) is 0 Å². The minimum absolute atomic E-state index is 0.0583. The molecule has 2 aromatic carbocycles. The highest BCUT2D eigenvalue weighted by molar-refractivity contribution is 6.30. The van der Waals surface area contributed by atoms with Crippen molar-refractivity contribution in [3.05, 3.63) is 59.6 Å². The van der Waals surface area contributed by atoms with Gasteiger partial charge in [-0.2, -0.15) is 13.2 Å². The van der Waals surface area contributed by atoms with Gasteiger partial charge in [-0.1, -0.05) is 29.8 Å². The molecular weight excluding hydrogens is 513 g/mol. The lowest BCUT2D eigenvalue weighted by Crippen LogP contribution is -2.46. The van der Waals surface area contributed by atoms with Gasteiger partial charge in [-0.25, -0.2) is 9.59 Å². The third-order valence-electron chi connectivity index (χ3n) is 6.69. The van der Waals surface area contributed by atoms with Crippen molar-refractivity contribution in [3.63, 3.8) is 0 Å². The first-order chi connectivity index (χ1) is 17.4. The number of hydrogen-bond donors (Lipinski definition) is 3. The molecule has 2 aliphatic rings. The van der Waals surface area contributed by atoms with E-state index in [2.05, 4.69) is 22.6 Å². The van der Waals surface area contributed by atoms with Crippen molar-refractivity contribution in [2.24, 2.45) is 5.41 Å². The fourth-order valence-corrected chi connectivity index (χ4v) is 4.85. The number of halogens is 4. The number of carbonyl (C=O) groups excluding carboxylic acids is 2. The average Bonchev–Trinajstić information content (AvgIpc) is 3.04. The van der Waals surface area contributed by atoms with Crippen LogP contribution in [0.2, 0.25) is 5.02 Å². The van der Waals surface area contributed by atoms with E-state index < -0.39 is 17.6 Å².